The third kappa shape index (κ3) is 3.25. The predicted molar refractivity (Wildman–Crippen MR) is 73.5 cm³/mol. The SMILES string of the molecule is CC(C)CC1(C)CC(C)C(C(C)C(C)C)C1. The molecule has 16 heavy (non-hydrogen) atoms. The summed E-state index contributed by atoms with van der Waals surface area (Å²) in [6.07, 6.45) is 4.33. The predicted octanol–water partition coefficient (Wildman–Crippen LogP) is 5.38. The van der Waals surface area contributed by atoms with Crippen LogP contribution in [-0.2, 0) is 0 Å². The van der Waals surface area contributed by atoms with Crippen LogP contribution in [0.15, 0.2) is 0 Å². The third-order valence-electron chi connectivity index (χ3n) is 4.90. The van der Waals surface area contributed by atoms with Gasteiger partial charge in [0.25, 0.3) is 0 Å². The molecule has 96 valence electrons. The van der Waals surface area contributed by atoms with Crippen molar-refractivity contribution in [2.45, 2.75) is 67.7 Å². The second-order valence-electron chi connectivity index (χ2n) is 7.56. The molecular weight excluding hydrogens is 192 g/mol. The van der Waals surface area contributed by atoms with Gasteiger partial charge in [-0.1, -0.05) is 48.5 Å². The molecule has 0 N–H and O–H groups in total. The Morgan fingerprint density at radius 1 is 1.06 bits per heavy atom. The Balaban J connectivity index is 2.65. The highest BCUT2D eigenvalue weighted by Crippen LogP contribution is 2.52. The summed E-state index contributed by atoms with van der Waals surface area (Å²) in [5.41, 5.74) is 0.626. The fourth-order valence-electron chi connectivity index (χ4n) is 4.13. The molecule has 0 heteroatoms. The average Bonchev–Trinajstić information content (AvgIpc) is 2.38. The molecule has 0 heterocycles. The lowest BCUT2D eigenvalue weighted by Crippen LogP contribution is -2.20. The van der Waals surface area contributed by atoms with Gasteiger partial charge in [0.15, 0.2) is 0 Å². The summed E-state index contributed by atoms with van der Waals surface area (Å²) >= 11 is 0. The van der Waals surface area contributed by atoms with Crippen LogP contribution in [0.4, 0.5) is 0 Å². The van der Waals surface area contributed by atoms with Gasteiger partial charge in [-0.2, -0.15) is 0 Å². The number of hydrogen-bond donors (Lipinski definition) is 0. The molecule has 0 aliphatic heterocycles. The first-order valence-electron chi connectivity index (χ1n) is 7.25. The van der Waals surface area contributed by atoms with Crippen molar-refractivity contribution in [3.05, 3.63) is 0 Å². The van der Waals surface area contributed by atoms with E-state index in [0.717, 1.165) is 29.6 Å². The molecule has 0 radical (unpaired) electrons. The summed E-state index contributed by atoms with van der Waals surface area (Å²) in [4.78, 5) is 0. The Hall–Kier alpha value is 0. The van der Waals surface area contributed by atoms with Crippen molar-refractivity contribution < 1.29 is 0 Å². The Labute approximate surface area is 103 Å². The third-order valence-corrected chi connectivity index (χ3v) is 4.90. The van der Waals surface area contributed by atoms with Crippen LogP contribution in [0, 0.1) is 35.0 Å². The maximum atomic E-state index is 2.52. The topological polar surface area (TPSA) is 0 Å². The van der Waals surface area contributed by atoms with Crippen LogP contribution in [0.1, 0.15) is 67.7 Å². The monoisotopic (exact) mass is 224 g/mol. The lowest BCUT2D eigenvalue weighted by molar-refractivity contribution is 0.210. The van der Waals surface area contributed by atoms with Crippen LogP contribution >= 0.6 is 0 Å². The van der Waals surface area contributed by atoms with Crippen LogP contribution in [0.5, 0.6) is 0 Å². The summed E-state index contributed by atoms with van der Waals surface area (Å²) < 4.78 is 0. The quantitative estimate of drug-likeness (QED) is 0.601. The minimum atomic E-state index is 0.626. The molecule has 0 nitrogen and oxygen atoms in total. The van der Waals surface area contributed by atoms with Crippen LogP contribution in [0.25, 0.3) is 0 Å². The van der Waals surface area contributed by atoms with E-state index in [1.807, 2.05) is 0 Å². The molecule has 0 aromatic heterocycles. The zero-order valence-corrected chi connectivity index (χ0v) is 12.5. The van der Waals surface area contributed by atoms with E-state index in [1.165, 1.54) is 19.3 Å². The summed E-state index contributed by atoms with van der Waals surface area (Å²) in [6, 6.07) is 0. The molecule has 0 amide bonds. The van der Waals surface area contributed by atoms with Crippen molar-refractivity contribution in [1.29, 1.82) is 0 Å². The highest BCUT2D eigenvalue weighted by atomic mass is 14.5. The average molecular weight is 224 g/mol. The molecule has 1 rings (SSSR count). The van der Waals surface area contributed by atoms with E-state index in [4.69, 9.17) is 0 Å². The fraction of sp³-hybridized carbons (Fsp3) is 1.00. The Kier molecular flexibility index (Phi) is 4.49. The van der Waals surface area contributed by atoms with Crippen LogP contribution in [-0.4, -0.2) is 0 Å². The van der Waals surface area contributed by atoms with Crippen molar-refractivity contribution >= 4 is 0 Å². The van der Waals surface area contributed by atoms with E-state index in [1.54, 1.807) is 0 Å². The van der Waals surface area contributed by atoms with Crippen molar-refractivity contribution in [3.63, 3.8) is 0 Å². The zero-order valence-electron chi connectivity index (χ0n) is 12.5. The van der Waals surface area contributed by atoms with Gasteiger partial charge in [-0.3, -0.25) is 0 Å². The number of hydrogen-bond acceptors (Lipinski definition) is 0. The highest BCUT2D eigenvalue weighted by molar-refractivity contribution is 4.92. The van der Waals surface area contributed by atoms with Gasteiger partial charge in [0.1, 0.15) is 0 Å². The van der Waals surface area contributed by atoms with Gasteiger partial charge in [0.05, 0.1) is 0 Å². The summed E-state index contributed by atoms with van der Waals surface area (Å²) in [6.45, 7) is 17.0. The van der Waals surface area contributed by atoms with Gasteiger partial charge in [-0.05, 0) is 54.3 Å². The molecule has 0 bridgehead atoms. The normalized spacial score (nSPS) is 37.3. The van der Waals surface area contributed by atoms with E-state index in [0.29, 0.717) is 5.41 Å². The smallest absolute Gasteiger partial charge is 0.0318 e. The van der Waals surface area contributed by atoms with Crippen LogP contribution in [0.3, 0.4) is 0 Å². The van der Waals surface area contributed by atoms with Gasteiger partial charge in [-0.15, -0.1) is 0 Å². The zero-order chi connectivity index (χ0) is 12.5. The molecule has 1 saturated carbocycles. The molecule has 0 aromatic carbocycles. The van der Waals surface area contributed by atoms with Crippen molar-refractivity contribution in [1.82, 2.24) is 0 Å². The minimum absolute atomic E-state index is 0.626. The molecule has 1 aliphatic rings. The van der Waals surface area contributed by atoms with Gasteiger partial charge in [0, 0.05) is 0 Å². The van der Waals surface area contributed by atoms with E-state index in [9.17, 15) is 0 Å². The fourth-order valence-corrected chi connectivity index (χ4v) is 4.13. The van der Waals surface area contributed by atoms with Crippen LogP contribution < -0.4 is 0 Å². The summed E-state index contributed by atoms with van der Waals surface area (Å²) in [5.74, 6) is 4.48. The largest absolute Gasteiger partial charge is 0.0628 e. The van der Waals surface area contributed by atoms with Gasteiger partial charge in [-0.25, -0.2) is 0 Å². The summed E-state index contributed by atoms with van der Waals surface area (Å²) in [5, 5.41) is 0. The lowest BCUT2D eigenvalue weighted by Gasteiger charge is -2.29. The molecular formula is C16H32. The molecule has 1 fully saturated rings. The second kappa shape index (κ2) is 5.10. The van der Waals surface area contributed by atoms with Gasteiger partial charge in [0.2, 0.25) is 0 Å². The highest BCUT2D eigenvalue weighted by Gasteiger charge is 2.42. The Morgan fingerprint density at radius 3 is 2.06 bits per heavy atom. The van der Waals surface area contributed by atoms with E-state index >= 15 is 0 Å². The first-order chi connectivity index (χ1) is 7.25. The molecule has 0 aromatic rings. The van der Waals surface area contributed by atoms with Crippen molar-refractivity contribution in [3.8, 4) is 0 Å². The minimum Gasteiger partial charge on any atom is -0.0628 e. The van der Waals surface area contributed by atoms with Crippen LogP contribution in [0.2, 0.25) is 0 Å². The first kappa shape index (κ1) is 14.1. The molecule has 4 unspecified atom stereocenters. The first-order valence-corrected chi connectivity index (χ1v) is 7.25. The van der Waals surface area contributed by atoms with Crippen molar-refractivity contribution in [2.24, 2.45) is 35.0 Å². The Bertz CT molecular complexity index is 216. The van der Waals surface area contributed by atoms with E-state index in [-0.39, 0.29) is 0 Å². The van der Waals surface area contributed by atoms with Gasteiger partial charge < -0.3 is 0 Å². The second-order valence-corrected chi connectivity index (χ2v) is 7.56. The molecule has 0 saturated heterocycles. The molecule has 4 atom stereocenters. The summed E-state index contributed by atoms with van der Waals surface area (Å²) in [7, 11) is 0. The van der Waals surface area contributed by atoms with E-state index < -0.39 is 0 Å². The van der Waals surface area contributed by atoms with E-state index in [2.05, 4.69) is 48.5 Å². The lowest BCUT2D eigenvalue weighted by atomic mass is 9.76. The number of rotatable bonds is 4. The molecule has 0 spiro atoms. The maximum absolute atomic E-state index is 2.52. The maximum Gasteiger partial charge on any atom is -0.0318 e. The standard InChI is InChI=1S/C16H32/c1-11(2)8-16(7)9-13(5)15(10-16)14(6)12(3)4/h11-15H,8-10H2,1-7H3. The molecule has 1 aliphatic carbocycles. The van der Waals surface area contributed by atoms with Gasteiger partial charge >= 0.3 is 0 Å². The Morgan fingerprint density at radius 2 is 1.62 bits per heavy atom. The van der Waals surface area contributed by atoms with Crippen molar-refractivity contribution in [2.75, 3.05) is 0 Å².